The molecule has 2 nitrogen and oxygen atoms in total. The van der Waals surface area contributed by atoms with E-state index in [4.69, 9.17) is 4.74 Å². The predicted octanol–water partition coefficient (Wildman–Crippen LogP) is 11.2. The minimum absolute atomic E-state index is 0.0170. The van der Waals surface area contributed by atoms with Crippen LogP contribution in [-0.2, 0) is 11.2 Å². The second-order valence-electron chi connectivity index (χ2n) is 15.8. The SMILES string of the molecule is C=CCCCCc1ccc(C(=O)OC2CC[C@@]3(C)C(=CCC4C3CC[C@@]3(C)C4CC[C@@H]3[C@H](C)CCCC(C)C)C2)cc1. The molecule has 0 heterocycles. The number of hydrogen-bond donors (Lipinski definition) is 0. The second kappa shape index (κ2) is 13.4. The minimum Gasteiger partial charge on any atom is -0.458 e. The first-order valence-electron chi connectivity index (χ1n) is 17.8. The molecule has 1 aromatic rings. The van der Waals surface area contributed by atoms with Gasteiger partial charge in [0, 0.05) is 6.42 Å². The normalized spacial score (nSPS) is 34.6. The quantitative estimate of drug-likeness (QED) is 0.141. The molecular weight excluding hydrogens is 512 g/mol. The van der Waals surface area contributed by atoms with Crippen molar-refractivity contribution in [2.45, 2.75) is 137 Å². The molecule has 0 radical (unpaired) electrons. The van der Waals surface area contributed by atoms with Gasteiger partial charge in [-0.2, -0.15) is 0 Å². The molecule has 4 aliphatic rings. The highest BCUT2D eigenvalue weighted by atomic mass is 16.5. The van der Waals surface area contributed by atoms with Crippen LogP contribution in [0.15, 0.2) is 48.6 Å². The van der Waals surface area contributed by atoms with Gasteiger partial charge in [0.15, 0.2) is 0 Å². The average Bonchev–Trinajstić information content (AvgIpc) is 3.33. The summed E-state index contributed by atoms with van der Waals surface area (Å²) in [6.45, 7) is 16.4. The van der Waals surface area contributed by atoms with Crippen LogP contribution in [0.1, 0.15) is 140 Å². The third-order valence-electron chi connectivity index (χ3n) is 12.8. The average molecular weight is 573 g/mol. The van der Waals surface area contributed by atoms with Gasteiger partial charge in [-0.3, -0.25) is 0 Å². The molecule has 3 fully saturated rings. The van der Waals surface area contributed by atoms with Crippen molar-refractivity contribution >= 4 is 5.97 Å². The van der Waals surface area contributed by atoms with Gasteiger partial charge in [0.1, 0.15) is 6.10 Å². The Kier molecular flexibility index (Phi) is 10.1. The summed E-state index contributed by atoms with van der Waals surface area (Å²) in [7, 11) is 0. The lowest BCUT2D eigenvalue weighted by molar-refractivity contribution is -0.0594. The maximum atomic E-state index is 13.1. The monoisotopic (exact) mass is 572 g/mol. The number of carbonyl (C=O) groups excluding carboxylic acids is 1. The van der Waals surface area contributed by atoms with Crippen molar-refractivity contribution in [1.82, 2.24) is 0 Å². The van der Waals surface area contributed by atoms with Gasteiger partial charge in [-0.25, -0.2) is 4.79 Å². The summed E-state index contributed by atoms with van der Waals surface area (Å²) in [5.74, 6) is 5.00. The van der Waals surface area contributed by atoms with Crippen molar-refractivity contribution < 1.29 is 9.53 Å². The number of aryl methyl sites for hydroxylation is 1. The summed E-state index contributed by atoms with van der Waals surface area (Å²) < 4.78 is 6.14. The van der Waals surface area contributed by atoms with Crippen LogP contribution >= 0.6 is 0 Å². The number of esters is 1. The molecule has 0 spiro atoms. The zero-order chi connectivity index (χ0) is 29.9. The zero-order valence-corrected chi connectivity index (χ0v) is 27.6. The number of hydrogen-bond acceptors (Lipinski definition) is 2. The summed E-state index contributed by atoms with van der Waals surface area (Å²) in [5.41, 5.74) is 4.42. The number of ether oxygens (including phenoxy) is 1. The van der Waals surface area contributed by atoms with Crippen LogP contribution in [0, 0.1) is 46.3 Å². The lowest BCUT2D eigenvalue weighted by Gasteiger charge is -2.58. The number of allylic oxidation sites excluding steroid dienone is 2. The van der Waals surface area contributed by atoms with E-state index in [0.717, 1.165) is 67.6 Å². The topological polar surface area (TPSA) is 26.3 Å². The molecule has 0 aliphatic heterocycles. The molecule has 0 amide bonds. The third-order valence-corrected chi connectivity index (χ3v) is 12.8. The number of unbranched alkanes of at least 4 members (excludes halogenated alkanes) is 2. The van der Waals surface area contributed by atoms with Crippen LogP contribution in [0.3, 0.4) is 0 Å². The fraction of sp³-hybridized carbons (Fsp3) is 0.725. The van der Waals surface area contributed by atoms with E-state index in [-0.39, 0.29) is 12.1 Å². The Morgan fingerprint density at radius 2 is 1.76 bits per heavy atom. The van der Waals surface area contributed by atoms with Crippen LogP contribution in [0.25, 0.3) is 0 Å². The molecule has 42 heavy (non-hydrogen) atoms. The highest BCUT2D eigenvalue weighted by Gasteiger charge is 2.59. The molecule has 0 bridgehead atoms. The van der Waals surface area contributed by atoms with E-state index in [9.17, 15) is 4.79 Å². The molecule has 8 atom stereocenters. The number of benzene rings is 1. The largest absolute Gasteiger partial charge is 0.458 e. The predicted molar refractivity (Wildman–Crippen MR) is 176 cm³/mol. The Bertz CT molecular complexity index is 1100. The minimum atomic E-state index is -0.149. The Hall–Kier alpha value is -1.83. The van der Waals surface area contributed by atoms with E-state index in [1.54, 1.807) is 5.57 Å². The van der Waals surface area contributed by atoms with Gasteiger partial charge >= 0.3 is 5.97 Å². The third kappa shape index (κ3) is 6.49. The summed E-state index contributed by atoms with van der Waals surface area (Å²) in [5, 5.41) is 0. The van der Waals surface area contributed by atoms with E-state index in [1.165, 1.54) is 69.8 Å². The molecule has 232 valence electrons. The van der Waals surface area contributed by atoms with Crippen molar-refractivity contribution in [3.8, 4) is 0 Å². The fourth-order valence-corrected chi connectivity index (χ4v) is 10.4. The second-order valence-corrected chi connectivity index (χ2v) is 15.8. The molecular formula is C40H60O2. The van der Waals surface area contributed by atoms with Gasteiger partial charge in [-0.1, -0.05) is 83.7 Å². The van der Waals surface area contributed by atoms with E-state index in [1.807, 2.05) is 18.2 Å². The molecule has 4 unspecified atom stereocenters. The van der Waals surface area contributed by atoms with Crippen molar-refractivity contribution in [2.24, 2.45) is 46.3 Å². The summed E-state index contributed by atoms with van der Waals surface area (Å²) in [6, 6.07) is 8.12. The highest BCUT2D eigenvalue weighted by Crippen LogP contribution is 2.67. The van der Waals surface area contributed by atoms with Gasteiger partial charge in [0.05, 0.1) is 5.56 Å². The smallest absolute Gasteiger partial charge is 0.338 e. The van der Waals surface area contributed by atoms with Crippen LogP contribution in [0.2, 0.25) is 0 Å². The molecule has 3 saturated carbocycles. The van der Waals surface area contributed by atoms with Crippen molar-refractivity contribution in [1.29, 1.82) is 0 Å². The molecule has 0 aromatic heterocycles. The summed E-state index contributed by atoms with van der Waals surface area (Å²) >= 11 is 0. The molecule has 1 aromatic carbocycles. The summed E-state index contributed by atoms with van der Waals surface area (Å²) in [6.07, 6.45) is 23.3. The lowest BCUT2D eigenvalue weighted by Crippen LogP contribution is -2.51. The van der Waals surface area contributed by atoms with Gasteiger partial charge < -0.3 is 4.74 Å². The van der Waals surface area contributed by atoms with E-state index >= 15 is 0 Å². The highest BCUT2D eigenvalue weighted by molar-refractivity contribution is 5.89. The fourth-order valence-electron chi connectivity index (χ4n) is 10.4. The summed E-state index contributed by atoms with van der Waals surface area (Å²) in [4.78, 5) is 13.1. The maximum Gasteiger partial charge on any atom is 0.338 e. The Morgan fingerprint density at radius 3 is 2.50 bits per heavy atom. The Labute approximate surface area is 258 Å². The first-order valence-corrected chi connectivity index (χ1v) is 17.8. The van der Waals surface area contributed by atoms with Crippen molar-refractivity contribution in [3.05, 3.63) is 59.7 Å². The van der Waals surface area contributed by atoms with Gasteiger partial charge in [-0.05, 0) is 135 Å². The van der Waals surface area contributed by atoms with Crippen LogP contribution in [-0.4, -0.2) is 12.1 Å². The molecule has 2 heteroatoms. The number of rotatable bonds is 12. The van der Waals surface area contributed by atoms with Gasteiger partial charge in [-0.15, -0.1) is 6.58 Å². The zero-order valence-electron chi connectivity index (χ0n) is 27.6. The van der Waals surface area contributed by atoms with Crippen LogP contribution in [0.5, 0.6) is 0 Å². The molecule has 0 saturated heterocycles. The van der Waals surface area contributed by atoms with Gasteiger partial charge in [0.25, 0.3) is 0 Å². The van der Waals surface area contributed by atoms with Crippen molar-refractivity contribution in [3.63, 3.8) is 0 Å². The van der Waals surface area contributed by atoms with E-state index in [0.29, 0.717) is 16.4 Å². The van der Waals surface area contributed by atoms with Gasteiger partial charge in [0.2, 0.25) is 0 Å². The van der Waals surface area contributed by atoms with E-state index in [2.05, 4.69) is 59.4 Å². The first-order chi connectivity index (χ1) is 20.2. The number of carbonyl (C=O) groups is 1. The van der Waals surface area contributed by atoms with Crippen molar-refractivity contribution in [2.75, 3.05) is 0 Å². The number of fused-ring (bicyclic) bond motifs is 5. The molecule has 5 rings (SSSR count). The standard InChI is InChI=1S/C40H60O2/c1-7-8-9-10-14-30-15-17-31(18-16-30)38(41)42-33-23-25-39(5)32(27-33)19-20-34-36-22-21-35(29(4)13-11-12-28(2)3)40(36,6)26-24-37(34)39/h7,15-19,28-29,33-37H,1,8-14,20-27H2,2-6H3/t29-,33?,34?,35-,36?,37?,39+,40-/m1/s1. The first kappa shape index (κ1) is 31.6. The lowest BCUT2D eigenvalue weighted by atomic mass is 9.47. The molecule has 4 aliphatic carbocycles. The Morgan fingerprint density at radius 1 is 0.976 bits per heavy atom. The maximum absolute atomic E-state index is 13.1. The van der Waals surface area contributed by atoms with E-state index < -0.39 is 0 Å². The van der Waals surface area contributed by atoms with Crippen LogP contribution < -0.4 is 0 Å². The van der Waals surface area contributed by atoms with Crippen LogP contribution in [0.4, 0.5) is 0 Å². The Balaban J connectivity index is 1.18. The molecule has 0 N–H and O–H groups in total.